The van der Waals surface area contributed by atoms with Crippen molar-refractivity contribution in [3.05, 3.63) is 36.0 Å². The van der Waals surface area contributed by atoms with Gasteiger partial charge in [-0.05, 0) is 38.1 Å². The molecule has 1 N–H and O–H groups in total. The van der Waals surface area contributed by atoms with Crippen molar-refractivity contribution in [3.8, 4) is 5.75 Å². The van der Waals surface area contributed by atoms with Crippen molar-refractivity contribution in [2.75, 3.05) is 0 Å². The monoisotopic (exact) mass is 231 g/mol. The number of nitrogens with zero attached hydrogens (tertiary/aromatic N) is 1. The molecule has 0 saturated heterocycles. The largest absolute Gasteiger partial charge is 0.491 e. The lowest BCUT2D eigenvalue weighted by Crippen LogP contribution is -2.05. The summed E-state index contributed by atoms with van der Waals surface area (Å²) < 4.78 is 5.56. The molecular weight excluding hydrogens is 218 g/mol. The zero-order valence-corrected chi connectivity index (χ0v) is 9.68. The van der Waals surface area contributed by atoms with Crippen LogP contribution in [0.4, 0.5) is 0 Å². The van der Waals surface area contributed by atoms with Crippen LogP contribution in [0.15, 0.2) is 30.3 Å². The van der Waals surface area contributed by atoms with Crippen LogP contribution in [0.5, 0.6) is 5.75 Å². The Hall–Kier alpha value is -2.10. The number of ether oxygens (including phenoxy) is 1. The number of carboxylic acids is 1. The normalized spacial score (nSPS) is 10.8. The molecule has 2 aromatic rings. The highest BCUT2D eigenvalue weighted by Crippen LogP contribution is 2.20. The second kappa shape index (κ2) is 4.41. The maximum absolute atomic E-state index is 10.8. The molecule has 0 saturated carbocycles. The maximum Gasteiger partial charge on any atom is 0.354 e. The summed E-state index contributed by atoms with van der Waals surface area (Å²) in [5.74, 6) is -0.258. The topological polar surface area (TPSA) is 59.4 Å². The summed E-state index contributed by atoms with van der Waals surface area (Å²) in [6.45, 7) is 3.91. The van der Waals surface area contributed by atoms with Crippen LogP contribution in [-0.2, 0) is 0 Å². The molecule has 1 aromatic carbocycles. The molecule has 0 aliphatic carbocycles. The van der Waals surface area contributed by atoms with Crippen LogP contribution in [0.25, 0.3) is 10.9 Å². The van der Waals surface area contributed by atoms with Gasteiger partial charge in [0.2, 0.25) is 0 Å². The number of hydrogen-bond donors (Lipinski definition) is 1. The van der Waals surface area contributed by atoms with E-state index in [0.29, 0.717) is 5.52 Å². The number of benzene rings is 1. The molecule has 1 aromatic heterocycles. The van der Waals surface area contributed by atoms with E-state index < -0.39 is 5.97 Å². The van der Waals surface area contributed by atoms with Gasteiger partial charge in [0.1, 0.15) is 11.4 Å². The van der Waals surface area contributed by atoms with Gasteiger partial charge in [0, 0.05) is 5.39 Å². The van der Waals surface area contributed by atoms with Crippen LogP contribution < -0.4 is 4.74 Å². The number of carbonyl (C=O) groups is 1. The molecule has 4 nitrogen and oxygen atoms in total. The average molecular weight is 231 g/mol. The van der Waals surface area contributed by atoms with E-state index in [-0.39, 0.29) is 11.8 Å². The summed E-state index contributed by atoms with van der Waals surface area (Å²) in [6, 6.07) is 8.64. The molecule has 0 aliphatic rings. The van der Waals surface area contributed by atoms with E-state index in [1.54, 1.807) is 18.2 Å². The minimum atomic E-state index is -1.02. The lowest BCUT2D eigenvalue weighted by Gasteiger charge is -2.10. The summed E-state index contributed by atoms with van der Waals surface area (Å²) in [4.78, 5) is 14.8. The van der Waals surface area contributed by atoms with Gasteiger partial charge in [-0.2, -0.15) is 0 Å². The van der Waals surface area contributed by atoms with Crippen molar-refractivity contribution < 1.29 is 14.6 Å². The number of carboxylic acid groups (broad SMARTS) is 1. The maximum atomic E-state index is 10.8. The highest BCUT2D eigenvalue weighted by Gasteiger charge is 2.06. The van der Waals surface area contributed by atoms with E-state index in [0.717, 1.165) is 11.1 Å². The van der Waals surface area contributed by atoms with Crippen molar-refractivity contribution in [1.29, 1.82) is 0 Å². The van der Waals surface area contributed by atoms with E-state index in [4.69, 9.17) is 9.84 Å². The summed E-state index contributed by atoms with van der Waals surface area (Å²) in [6.07, 6.45) is 0.110. The van der Waals surface area contributed by atoms with E-state index in [9.17, 15) is 4.79 Å². The van der Waals surface area contributed by atoms with Gasteiger partial charge in [0.25, 0.3) is 0 Å². The second-order valence-corrected chi connectivity index (χ2v) is 4.02. The molecule has 1 heterocycles. The van der Waals surface area contributed by atoms with E-state index in [1.807, 2.05) is 19.9 Å². The fourth-order valence-electron chi connectivity index (χ4n) is 1.57. The first-order valence-corrected chi connectivity index (χ1v) is 5.37. The fourth-order valence-corrected chi connectivity index (χ4v) is 1.57. The first kappa shape index (κ1) is 11.4. The van der Waals surface area contributed by atoms with Crippen molar-refractivity contribution in [2.24, 2.45) is 0 Å². The quantitative estimate of drug-likeness (QED) is 0.882. The highest BCUT2D eigenvalue weighted by atomic mass is 16.5. The van der Waals surface area contributed by atoms with Gasteiger partial charge in [-0.25, -0.2) is 9.78 Å². The Morgan fingerprint density at radius 1 is 1.29 bits per heavy atom. The molecular formula is C13H13NO3. The van der Waals surface area contributed by atoms with Crippen molar-refractivity contribution >= 4 is 16.9 Å². The number of aromatic carboxylic acids is 1. The van der Waals surface area contributed by atoms with E-state index >= 15 is 0 Å². The Morgan fingerprint density at radius 3 is 2.71 bits per heavy atom. The van der Waals surface area contributed by atoms with Crippen molar-refractivity contribution in [1.82, 2.24) is 4.98 Å². The highest BCUT2D eigenvalue weighted by molar-refractivity contribution is 5.90. The zero-order valence-electron chi connectivity index (χ0n) is 9.68. The number of pyridine rings is 1. The Balaban J connectivity index is 2.43. The summed E-state index contributed by atoms with van der Waals surface area (Å²) in [5, 5.41) is 9.70. The molecule has 0 aliphatic heterocycles. The molecule has 0 atom stereocenters. The summed E-state index contributed by atoms with van der Waals surface area (Å²) in [5.41, 5.74) is 0.705. The molecule has 2 rings (SSSR count). The third kappa shape index (κ3) is 2.53. The van der Waals surface area contributed by atoms with Gasteiger partial charge in [-0.15, -0.1) is 0 Å². The zero-order chi connectivity index (χ0) is 12.4. The van der Waals surface area contributed by atoms with Gasteiger partial charge in [0.05, 0.1) is 11.6 Å². The van der Waals surface area contributed by atoms with Gasteiger partial charge in [-0.1, -0.05) is 6.07 Å². The predicted octanol–water partition coefficient (Wildman–Crippen LogP) is 2.72. The third-order valence-corrected chi connectivity index (χ3v) is 2.25. The second-order valence-electron chi connectivity index (χ2n) is 4.02. The summed E-state index contributed by atoms with van der Waals surface area (Å²) in [7, 11) is 0. The van der Waals surface area contributed by atoms with Crippen LogP contribution in [0, 0.1) is 0 Å². The number of aromatic nitrogens is 1. The van der Waals surface area contributed by atoms with Crippen LogP contribution in [0.1, 0.15) is 24.3 Å². The Bertz CT molecular complexity index is 564. The number of fused-ring (bicyclic) bond motifs is 1. The minimum Gasteiger partial charge on any atom is -0.491 e. The molecule has 88 valence electrons. The number of rotatable bonds is 3. The molecule has 0 fully saturated rings. The van der Waals surface area contributed by atoms with Crippen molar-refractivity contribution in [3.63, 3.8) is 0 Å². The Morgan fingerprint density at radius 2 is 2.06 bits per heavy atom. The Kier molecular flexibility index (Phi) is 2.95. The smallest absolute Gasteiger partial charge is 0.354 e. The fraction of sp³-hybridized carbons (Fsp3) is 0.231. The predicted molar refractivity (Wildman–Crippen MR) is 64.5 cm³/mol. The molecule has 0 amide bonds. The SMILES string of the molecule is CC(C)Oc1ccc2nc(C(=O)O)ccc2c1. The van der Waals surface area contributed by atoms with Gasteiger partial charge in [-0.3, -0.25) is 0 Å². The van der Waals surface area contributed by atoms with Gasteiger partial charge < -0.3 is 9.84 Å². The van der Waals surface area contributed by atoms with Gasteiger partial charge >= 0.3 is 5.97 Å². The van der Waals surface area contributed by atoms with Gasteiger partial charge in [0.15, 0.2) is 0 Å². The summed E-state index contributed by atoms with van der Waals surface area (Å²) >= 11 is 0. The van der Waals surface area contributed by atoms with Crippen LogP contribution in [-0.4, -0.2) is 22.2 Å². The van der Waals surface area contributed by atoms with Crippen LogP contribution in [0.2, 0.25) is 0 Å². The Labute approximate surface area is 98.9 Å². The minimum absolute atomic E-state index is 0.0510. The third-order valence-electron chi connectivity index (χ3n) is 2.25. The first-order valence-electron chi connectivity index (χ1n) is 5.37. The van der Waals surface area contributed by atoms with E-state index in [2.05, 4.69) is 4.98 Å². The number of hydrogen-bond acceptors (Lipinski definition) is 3. The van der Waals surface area contributed by atoms with Crippen molar-refractivity contribution in [2.45, 2.75) is 20.0 Å². The lowest BCUT2D eigenvalue weighted by molar-refractivity contribution is 0.0691. The standard InChI is InChI=1S/C13H13NO3/c1-8(2)17-10-4-6-11-9(7-10)3-5-12(14-11)13(15)16/h3-8H,1-2H3,(H,15,16). The molecule has 0 bridgehead atoms. The average Bonchev–Trinajstić information content (AvgIpc) is 2.27. The molecule has 17 heavy (non-hydrogen) atoms. The molecule has 0 radical (unpaired) electrons. The molecule has 0 unspecified atom stereocenters. The molecule has 0 spiro atoms. The molecule has 4 heteroatoms. The van der Waals surface area contributed by atoms with E-state index in [1.165, 1.54) is 6.07 Å². The lowest BCUT2D eigenvalue weighted by atomic mass is 10.2. The first-order chi connectivity index (χ1) is 8.06. The van der Waals surface area contributed by atoms with Crippen LogP contribution in [0.3, 0.4) is 0 Å². The van der Waals surface area contributed by atoms with Crippen LogP contribution >= 0.6 is 0 Å².